The summed E-state index contributed by atoms with van der Waals surface area (Å²) in [6.07, 6.45) is 5.29. The zero-order chi connectivity index (χ0) is 15.7. The van der Waals surface area contributed by atoms with Crippen LogP contribution in [-0.4, -0.2) is 23.7 Å². The minimum absolute atomic E-state index is 0.117. The van der Waals surface area contributed by atoms with Gasteiger partial charge < -0.3 is 0 Å². The minimum atomic E-state index is -3.47. The molecule has 0 saturated heterocycles. The molecular formula is C17H20N2O2S. The summed E-state index contributed by atoms with van der Waals surface area (Å²) >= 11 is 0. The SMILES string of the molecule is Cc1ccc(S(=O)(=O)N(Cc2cccnc2)C2CC2)cc1C. The van der Waals surface area contributed by atoms with E-state index in [1.54, 1.807) is 28.8 Å². The summed E-state index contributed by atoms with van der Waals surface area (Å²) in [6.45, 7) is 4.31. The maximum Gasteiger partial charge on any atom is 0.243 e. The number of pyridine rings is 1. The number of nitrogens with zero attached hydrogens (tertiary/aromatic N) is 2. The third-order valence-electron chi connectivity index (χ3n) is 4.10. The number of benzene rings is 1. The van der Waals surface area contributed by atoms with Crippen LogP contribution in [0.15, 0.2) is 47.6 Å². The molecule has 1 heterocycles. The van der Waals surface area contributed by atoms with Gasteiger partial charge >= 0.3 is 0 Å². The van der Waals surface area contributed by atoms with Gasteiger partial charge in [0.15, 0.2) is 0 Å². The Morgan fingerprint density at radius 1 is 1.18 bits per heavy atom. The van der Waals surface area contributed by atoms with E-state index < -0.39 is 10.0 Å². The van der Waals surface area contributed by atoms with Crippen molar-refractivity contribution in [2.24, 2.45) is 0 Å². The highest BCUT2D eigenvalue weighted by atomic mass is 32.2. The summed E-state index contributed by atoms with van der Waals surface area (Å²) in [5.74, 6) is 0. The van der Waals surface area contributed by atoms with Crippen molar-refractivity contribution in [1.29, 1.82) is 0 Å². The third kappa shape index (κ3) is 3.05. The van der Waals surface area contributed by atoms with Crippen molar-refractivity contribution in [3.8, 4) is 0 Å². The molecule has 2 aromatic rings. The average molecular weight is 316 g/mol. The van der Waals surface area contributed by atoms with Crippen molar-refractivity contribution >= 4 is 10.0 Å². The summed E-state index contributed by atoms with van der Waals surface area (Å²) in [4.78, 5) is 4.46. The van der Waals surface area contributed by atoms with Gasteiger partial charge in [0.2, 0.25) is 10.0 Å². The Balaban J connectivity index is 1.94. The van der Waals surface area contributed by atoms with Gasteiger partial charge in [-0.2, -0.15) is 4.31 Å². The Hall–Kier alpha value is -1.72. The van der Waals surface area contributed by atoms with Crippen molar-refractivity contribution in [2.45, 2.75) is 44.2 Å². The molecule has 0 amide bonds. The summed E-state index contributed by atoms with van der Waals surface area (Å²) in [7, 11) is -3.47. The van der Waals surface area contributed by atoms with Crippen LogP contribution in [0.4, 0.5) is 0 Å². The molecule has 1 aliphatic rings. The third-order valence-corrected chi connectivity index (χ3v) is 5.99. The van der Waals surface area contributed by atoms with E-state index in [9.17, 15) is 8.42 Å². The van der Waals surface area contributed by atoms with Crippen molar-refractivity contribution in [2.75, 3.05) is 0 Å². The summed E-state index contributed by atoms with van der Waals surface area (Å²) in [5, 5.41) is 0. The number of aryl methyl sites for hydroxylation is 2. The van der Waals surface area contributed by atoms with Crippen molar-refractivity contribution in [3.63, 3.8) is 0 Å². The van der Waals surface area contributed by atoms with Gasteiger partial charge in [-0.3, -0.25) is 4.98 Å². The quantitative estimate of drug-likeness (QED) is 0.852. The lowest BCUT2D eigenvalue weighted by Gasteiger charge is -2.22. The van der Waals surface area contributed by atoms with Gasteiger partial charge in [-0.25, -0.2) is 8.42 Å². The number of aromatic nitrogens is 1. The summed E-state index contributed by atoms with van der Waals surface area (Å²) < 4.78 is 27.6. The monoisotopic (exact) mass is 316 g/mol. The molecule has 3 rings (SSSR count). The molecule has 1 aromatic heterocycles. The Kier molecular flexibility index (Phi) is 4.02. The number of rotatable bonds is 5. The zero-order valence-corrected chi connectivity index (χ0v) is 13.7. The van der Waals surface area contributed by atoms with E-state index in [2.05, 4.69) is 4.98 Å². The highest BCUT2D eigenvalue weighted by Gasteiger charge is 2.38. The van der Waals surface area contributed by atoms with Gasteiger partial charge in [-0.05, 0) is 61.6 Å². The maximum absolute atomic E-state index is 13.0. The molecular weight excluding hydrogens is 296 g/mol. The normalized spacial score (nSPS) is 15.2. The van der Waals surface area contributed by atoms with Gasteiger partial charge in [-0.15, -0.1) is 0 Å². The van der Waals surface area contributed by atoms with Crippen LogP contribution in [-0.2, 0) is 16.6 Å². The fourth-order valence-electron chi connectivity index (χ4n) is 2.45. The van der Waals surface area contributed by atoms with Crippen molar-refractivity contribution in [1.82, 2.24) is 9.29 Å². The van der Waals surface area contributed by atoms with Gasteiger partial charge in [0.1, 0.15) is 0 Å². The number of sulfonamides is 1. The van der Waals surface area contributed by atoms with E-state index in [1.807, 2.05) is 32.0 Å². The van der Waals surface area contributed by atoms with Crippen LogP contribution in [0.5, 0.6) is 0 Å². The van der Waals surface area contributed by atoms with Crippen LogP contribution in [0, 0.1) is 13.8 Å². The first kappa shape index (κ1) is 15.2. The number of hydrogen-bond donors (Lipinski definition) is 0. The van der Waals surface area contributed by atoms with Crippen molar-refractivity contribution < 1.29 is 8.42 Å². The smallest absolute Gasteiger partial charge is 0.243 e. The Morgan fingerprint density at radius 3 is 2.55 bits per heavy atom. The fraction of sp³-hybridized carbons (Fsp3) is 0.353. The van der Waals surface area contributed by atoms with E-state index in [0.717, 1.165) is 29.5 Å². The first-order valence-electron chi connectivity index (χ1n) is 7.46. The molecule has 0 aliphatic heterocycles. The molecule has 0 atom stereocenters. The molecule has 0 unspecified atom stereocenters. The minimum Gasteiger partial charge on any atom is -0.264 e. The van der Waals surface area contributed by atoms with E-state index >= 15 is 0 Å². The molecule has 1 aliphatic carbocycles. The highest BCUT2D eigenvalue weighted by molar-refractivity contribution is 7.89. The van der Waals surface area contributed by atoms with E-state index in [1.165, 1.54) is 0 Å². The lowest BCUT2D eigenvalue weighted by atomic mass is 10.1. The fourth-order valence-corrected chi connectivity index (χ4v) is 4.21. The topological polar surface area (TPSA) is 50.3 Å². The van der Waals surface area contributed by atoms with Gasteiger partial charge in [0.25, 0.3) is 0 Å². The average Bonchev–Trinajstić information content (AvgIpc) is 3.33. The second-order valence-electron chi connectivity index (χ2n) is 5.89. The van der Waals surface area contributed by atoms with Gasteiger partial charge in [0, 0.05) is 25.0 Å². The molecule has 5 heteroatoms. The molecule has 4 nitrogen and oxygen atoms in total. The predicted molar refractivity (Wildman–Crippen MR) is 85.9 cm³/mol. The van der Waals surface area contributed by atoms with Crippen LogP contribution in [0.1, 0.15) is 29.5 Å². The highest BCUT2D eigenvalue weighted by Crippen LogP contribution is 2.33. The number of hydrogen-bond acceptors (Lipinski definition) is 3. The largest absolute Gasteiger partial charge is 0.264 e. The molecule has 1 fully saturated rings. The lowest BCUT2D eigenvalue weighted by molar-refractivity contribution is 0.398. The molecule has 0 spiro atoms. The molecule has 22 heavy (non-hydrogen) atoms. The van der Waals surface area contributed by atoms with E-state index in [4.69, 9.17) is 0 Å². The molecule has 0 bridgehead atoms. The van der Waals surface area contributed by atoms with Gasteiger partial charge in [-0.1, -0.05) is 12.1 Å². The molecule has 1 aromatic carbocycles. The molecule has 116 valence electrons. The predicted octanol–water partition coefficient (Wildman–Crippen LogP) is 3.05. The second-order valence-corrected chi connectivity index (χ2v) is 7.78. The summed E-state index contributed by atoms with van der Waals surface area (Å²) in [5.41, 5.74) is 3.02. The van der Waals surface area contributed by atoms with Crippen LogP contribution in [0.25, 0.3) is 0 Å². The van der Waals surface area contributed by atoms with Crippen LogP contribution in [0.3, 0.4) is 0 Å². The van der Waals surface area contributed by atoms with Crippen molar-refractivity contribution in [3.05, 3.63) is 59.4 Å². The van der Waals surface area contributed by atoms with E-state index in [0.29, 0.717) is 11.4 Å². The zero-order valence-electron chi connectivity index (χ0n) is 12.9. The van der Waals surface area contributed by atoms with Crippen LogP contribution < -0.4 is 0 Å². The Morgan fingerprint density at radius 2 is 1.95 bits per heavy atom. The first-order chi connectivity index (χ1) is 10.5. The second kappa shape index (κ2) is 5.82. The Labute approximate surface area is 131 Å². The van der Waals surface area contributed by atoms with Crippen LogP contribution in [0.2, 0.25) is 0 Å². The summed E-state index contributed by atoms with van der Waals surface area (Å²) in [6, 6.07) is 9.21. The Bertz CT molecular complexity index is 769. The lowest BCUT2D eigenvalue weighted by Crippen LogP contribution is -2.32. The standard InChI is InChI=1S/C17H20N2O2S/c1-13-5-8-17(10-14(13)2)22(20,21)19(16-6-7-16)12-15-4-3-9-18-11-15/h3-5,8-11,16H,6-7,12H2,1-2H3. The van der Waals surface area contributed by atoms with Crippen LogP contribution >= 0.6 is 0 Å². The molecule has 1 saturated carbocycles. The maximum atomic E-state index is 13.0. The molecule has 0 radical (unpaired) electrons. The molecule has 0 N–H and O–H groups in total. The van der Waals surface area contributed by atoms with E-state index in [-0.39, 0.29) is 6.04 Å². The first-order valence-corrected chi connectivity index (χ1v) is 8.90. The van der Waals surface area contributed by atoms with Gasteiger partial charge in [0.05, 0.1) is 4.90 Å².